The van der Waals surface area contributed by atoms with Gasteiger partial charge in [0.05, 0.1) is 0 Å². The summed E-state index contributed by atoms with van der Waals surface area (Å²) in [6.07, 6.45) is 3.91. The van der Waals surface area contributed by atoms with E-state index in [1.165, 1.54) is 12.8 Å². The molecule has 6 heteroatoms. The molecular formula is C17H22ClN5. The molecule has 0 amide bonds. The second-order valence-electron chi connectivity index (χ2n) is 6.07. The standard InChI is InChI=1S/C17H22ClN5/c1-12-6-8-23(9-7-12)17-15(19)16(21-11-22-17)20-10-13-4-2-3-5-14(13)18/h2-5,11-12H,6-10,19H2,1H3,(H,20,21,22). The number of hydrogen-bond donors (Lipinski definition) is 2. The highest BCUT2D eigenvalue weighted by molar-refractivity contribution is 6.31. The highest BCUT2D eigenvalue weighted by atomic mass is 35.5. The van der Waals surface area contributed by atoms with Crippen LogP contribution in [0.15, 0.2) is 30.6 Å². The van der Waals surface area contributed by atoms with Crippen LogP contribution in [0.1, 0.15) is 25.3 Å². The Kier molecular flexibility index (Phi) is 4.86. The fraction of sp³-hybridized carbons (Fsp3) is 0.412. The lowest BCUT2D eigenvalue weighted by Gasteiger charge is -2.32. The van der Waals surface area contributed by atoms with Crippen molar-refractivity contribution in [1.29, 1.82) is 0 Å². The topological polar surface area (TPSA) is 67.1 Å². The Hall–Kier alpha value is -2.01. The minimum absolute atomic E-state index is 0.581. The Balaban J connectivity index is 1.73. The van der Waals surface area contributed by atoms with Crippen LogP contribution in [0.3, 0.4) is 0 Å². The summed E-state index contributed by atoms with van der Waals surface area (Å²) in [5, 5.41) is 4.01. The number of halogens is 1. The van der Waals surface area contributed by atoms with Gasteiger partial charge < -0.3 is 16.0 Å². The van der Waals surface area contributed by atoms with Gasteiger partial charge in [0.25, 0.3) is 0 Å². The first-order valence-corrected chi connectivity index (χ1v) is 8.35. The second-order valence-corrected chi connectivity index (χ2v) is 6.48. The summed E-state index contributed by atoms with van der Waals surface area (Å²) < 4.78 is 0. The molecule has 2 aromatic rings. The molecule has 3 rings (SSSR count). The lowest BCUT2D eigenvalue weighted by molar-refractivity contribution is 0.437. The van der Waals surface area contributed by atoms with Gasteiger partial charge in [0.2, 0.25) is 0 Å². The molecule has 122 valence electrons. The number of anilines is 3. The zero-order valence-electron chi connectivity index (χ0n) is 13.3. The predicted molar refractivity (Wildman–Crippen MR) is 95.8 cm³/mol. The van der Waals surface area contributed by atoms with Gasteiger partial charge >= 0.3 is 0 Å². The number of piperidine rings is 1. The molecule has 2 heterocycles. The smallest absolute Gasteiger partial charge is 0.157 e. The maximum atomic E-state index is 6.29. The minimum atomic E-state index is 0.581. The van der Waals surface area contributed by atoms with E-state index in [2.05, 4.69) is 27.1 Å². The Morgan fingerprint density at radius 3 is 2.74 bits per heavy atom. The molecule has 1 aliphatic heterocycles. The molecule has 23 heavy (non-hydrogen) atoms. The zero-order chi connectivity index (χ0) is 16.2. The molecule has 1 aromatic carbocycles. The van der Waals surface area contributed by atoms with Crippen molar-refractivity contribution >= 4 is 28.9 Å². The van der Waals surface area contributed by atoms with E-state index < -0.39 is 0 Å². The molecule has 3 N–H and O–H groups in total. The number of rotatable bonds is 4. The number of aromatic nitrogens is 2. The van der Waals surface area contributed by atoms with Crippen molar-refractivity contribution < 1.29 is 0 Å². The maximum absolute atomic E-state index is 6.29. The predicted octanol–water partition coefficient (Wildman–Crippen LogP) is 3.56. The second kappa shape index (κ2) is 7.04. The summed E-state index contributed by atoms with van der Waals surface area (Å²) in [6, 6.07) is 7.74. The van der Waals surface area contributed by atoms with E-state index in [0.717, 1.165) is 35.4 Å². The van der Waals surface area contributed by atoms with Gasteiger partial charge in [-0.2, -0.15) is 0 Å². The van der Waals surface area contributed by atoms with Crippen LogP contribution in [0.5, 0.6) is 0 Å². The monoisotopic (exact) mass is 331 g/mol. The molecule has 0 spiro atoms. The minimum Gasteiger partial charge on any atom is -0.393 e. The molecule has 0 aliphatic carbocycles. The molecule has 1 saturated heterocycles. The van der Waals surface area contributed by atoms with Crippen LogP contribution >= 0.6 is 11.6 Å². The molecule has 0 saturated carbocycles. The van der Waals surface area contributed by atoms with E-state index in [0.29, 0.717) is 18.1 Å². The van der Waals surface area contributed by atoms with E-state index in [-0.39, 0.29) is 0 Å². The van der Waals surface area contributed by atoms with Crippen molar-refractivity contribution in [3.05, 3.63) is 41.2 Å². The Bertz CT molecular complexity index is 668. The summed E-state index contributed by atoms with van der Waals surface area (Å²) in [4.78, 5) is 10.9. The highest BCUT2D eigenvalue weighted by Crippen LogP contribution is 2.30. The summed E-state index contributed by atoms with van der Waals surface area (Å²) in [5.74, 6) is 2.26. The molecule has 1 aromatic heterocycles. The van der Waals surface area contributed by atoms with Gasteiger partial charge in [0.1, 0.15) is 12.0 Å². The van der Waals surface area contributed by atoms with Crippen molar-refractivity contribution in [3.63, 3.8) is 0 Å². The lowest BCUT2D eigenvalue weighted by Crippen LogP contribution is -2.34. The van der Waals surface area contributed by atoms with E-state index in [1.54, 1.807) is 6.33 Å². The van der Waals surface area contributed by atoms with Crippen LogP contribution in [-0.2, 0) is 6.54 Å². The third-order valence-electron chi connectivity index (χ3n) is 4.35. The molecule has 0 radical (unpaired) electrons. The van der Waals surface area contributed by atoms with Crippen LogP contribution < -0.4 is 16.0 Å². The number of benzene rings is 1. The fourth-order valence-corrected chi connectivity index (χ4v) is 3.02. The van der Waals surface area contributed by atoms with Gasteiger partial charge in [-0.15, -0.1) is 0 Å². The molecule has 0 bridgehead atoms. The van der Waals surface area contributed by atoms with Crippen molar-refractivity contribution in [2.24, 2.45) is 5.92 Å². The molecule has 1 aliphatic rings. The van der Waals surface area contributed by atoms with E-state index in [9.17, 15) is 0 Å². The first kappa shape index (κ1) is 15.9. The van der Waals surface area contributed by atoms with E-state index in [1.807, 2.05) is 24.3 Å². The Labute approximate surface area is 141 Å². The normalized spacial score (nSPS) is 15.7. The first-order chi connectivity index (χ1) is 11.1. The van der Waals surface area contributed by atoms with Gasteiger partial charge in [-0.25, -0.2) is 9.97 Å². The number of nitrogen functional groups attached to an aromatic ring is 1. The highest BCUT2D eigenvalue weighted by Gasteiger charge is 2.20. The molecule has 0 atom stereocenters. The number of nitrogens with one attached hydrogen (secondary N) is 1. The van der Waals surface area contributed by atoms with Gasteiger partial charge in [-0.1, -0.05) is 36.7 Å². The van der Waals surface area contributed by atoms with Crippen molar-refractivity contribution in [3.8, 4) is 0 Å². The summed E-state index contributed by atoms with van der Waals surface area (Å²) in [6.45, 7) is 4.85. The first-order valence-electron chi connectivity index (χ1n) is 7.98. The number of nitrogens with two attached hydrogens (primary N) is 1. The third-order valence-corrected chi connectivity index (χ3v) is 4.72. The van der Waals surface area contributed by atoms with Crippen LogP contribution in [0.2, 0.25) is 5.02 Å². The molecular weight excluding hydrogens is 310 g/mol. The lowest BCUT2D eigenvalue weighted by atomic mass is 9.99. The largest absolute Gasteiger partial charge is 0.393 e. The number of nitrogens with zero attached hydrogens (tertiary/aromatic N) is 3. The van der Waals surface area contributed by atoms with Crippen molar-refractivity contribution in [2.75, 3.05) is 29.0 Å². The average Bonchev–Trinajstić information content (AvgIpc) is 2.56. The van der Waals surface area contributed by atoms with E-state index >= 15 is 0 Å². The quantitative estimate of drug-likeness (QED) is 0.896. The maximum Gasteiger partial charge on any atom is 0.157 e. The van der Waals surface area contributed by atoms with Gasteiger partial charge in [-0.3, -0.25) is 0 Å². The number of hydrogen-bond acceptors (Lipinski definition) is 5. The van der Waals surface area contributed by atoms with Gasteiger partial charge in [0.15, 0.2) is 11.6 Å². The zero-order valence-corrected chi connectivity index (χ0v) is 14.1. The van der Waals surface area contributed by atoms with Crippen LogP contribution in [0.25, 0.3) is 0 Å². The molecule has 0 unspecified atom stereocenters. The summed E-state index contributed by atoms with van der Waals surface area (Å²) >= 11 is 6.18. The van der Waals surface area contributed by atoms with Crippen LogP contribution in [0, 0.1) is 5.92 Å². The van der Waals surface area contributed by atoms with Crippen molar-refractivity contribution in [1.82, 2.24) is 9.97 Å². The van der Waals surface area contributed by atoms with Crippen LogP contribution in [-0.4, -0.2) is 23.1 Å². The van der Waals surface area contributed by atoms with Gasteiger partial charge in [-0.05, 0) is 30.4 Å². The van der Waals surface area contributed by atoms with Crippen molar-refractivity contribution in [2.45, 2.75) is 26.3 Å². The average molecular weight is 332 g/mol. The Morgan fingerprint density at radius 2 is 2.00 bits per heavy atom. The summed E-state index contributed by atoms with van der Waals surface area (Å²) in [5.41, 5.74) is 7.91. The third kappa shape index (κ3) is 3.67. The fourth-order valence-electron chi connectivity index (χ4n) is 2.82. The molecule has 5 nitrogen and oxygen atoms in total. The summed E-state index contributed by atoms with van der Waals surface area (Å²) in [7, 11) is 0. The Morgan fingerprint density at radius 1 is 1.26 bits per heavy atom. The van der Waals surface area contributed by atoms with Gasteiger partial charge in [0, 0.05) is 24.7 Å². The SMILES string of the molecule is CC1CCN(c2ncnc(NCc3ccccc3Cl)c2N)CC1. The van der Waals surface area contributed by atoms with Crippen LogP contribution in [0.4, 0.5) is 17.3 Å². The van der Waals surface area contributed by atoms with E-state index in [4.69, 9.17) is 17.3 Å². The molecule has 1 fully saturated rings.